The van der Waals surface area contributed by atoms with Gasteiger partial charge in [0.2, 0.25) is 0 Å². The van der Waals surface area contributed by atoms with Crippen LogP contribution in [0.5, 0.6) is 0 Å². The number of carbonyl (C=O) groups excluding carboxylic acids is 1. The zero-order valence-corrected chi connectivity index (χ0v) is 11.0. The first-order valence-electron chi connectivity index (χ1n) is 6.47. The number of nitrogens with zero attached hydrogens (tertiary/aromatic N) is 1. The Bertz CT molecular complexity index is 546. The molecule has 0 spiro atoms. The Balaban J connectivity index is 2.34. The minimum Gasteiger partial charge on any atom is -0.297 e. The van der Waals surface area contributed by atoms with Crippen LogP contribution in [0.25, 0.3) is 0 Å². The molecule has 0 saturated carbocycles. The van der Waals surface area contributed by atoms with Gasteiger partial charge in [-0.25, -0.2) is 0 Å². The van der Waals surface area contributed by atoms with E-state index in [1.165, 1.54) is 0 Å². The molecule has 0 radical (unpaired) electrons. The predicted octanol–water partition coefficient (Wildman–Crippen LogP) is 3.74. The SMILES string of the molecule is CCN=CC(C(=O)c1ccccc1)c1ccccc1. The fourth-order valence-corrected chi connectivity index (χ4v) is 1.96. The first kappa shape index (κ1) is 13.2. The molecule has 0 amide bonds. The van der Waals surface area contributed by atoms with Crippen molar-refractivity contribution in [3.63, 3.8) is 0 Å². The molecule has 2 heteroatoms. The molecule has 0 aromatic heterocycles. The third-order valence-electron chi connectivity index (χ3n) is 2.94. The Labute approximate surface area is 113 Å². The summed E-state index contributed by atoms with van der Waals surface area (Å²) in [5.74, 6) is -0.215. The highest BCUT2D eigenvalue weighted by molar-refractivity contribution is 6.10. The van der Waals surface area contributed by atoms with Crippen LogP contribution in [0.15, 0.2) is 65.7 Å². The number of ketones is 1. The standard InChI is InChI=1S/C17H17NO/c1-2-18-13-16(14-9-5-3-6-10-14)17(19)15-11-7-4-8-12-15/h3-13,16H,2H2,1H3. The Morgan fingerprint density at radius 1 is 1.05 bits per heavy atom. The maximum absolute atomic E-state index is 12.6. The quantitative estimate of drug-likeness (QED) is 0.588. The van der Waals surface area contributed by atoms with E-state index in [-0.39, 0.29) is 11.7 Å². The van der Waals surface area contributed by atoms with E-state index in [9.17, 15) is 4.79 Å². The average Bonchev–Trinajstić information content (AvgIpc) is 2.49. The molecule has 0 heterocycles. The van der Waals surface area contributed by atoms with Crippen molar-refractivity contribution in [2.45, 2.75) is 12.8 Å². The normalized spacial score (nSPS) is 12.5. The maximum Gasteiger partial charge on any atom is 0.175 e. The molecule has 1 atom stereocenters. The lowest BCUT2D eigenvalue weighted by Crippen LogP contribution is -2.14. The number of Topliss-reactive ketones (excluding diaryl/α,β-unsaturated/α-hetero) is 1. The second-order valence-electron chi connectivity index (χ2n) is 4.27. The van der Waals surface area contributed by atoms with Gasteiger partial charge in [0, 0.05) is 18.3 Å². The highest BCUT2D eigenvalue weighted by Gasteiger charge is 2.19. The number of rotatable bonds is 5. The van der Waals surface area contributed by atoms with Gasteiger partial charge in [-0.05, 0) is 12.5 Å². The molecule has 0 bridgehead atoms. The van der Waals surface area contributed by atoms with Crippen molar-refractivity contribution in [1.29, 1.82) is 0 Å². The highest BCUT2D eigenvalue weighted by atomic mass is 16.1. The average molecular weight is 251 g/mol. The Hall–Kier alpha value is -2.22. The van der Waals surface area contributed by atoms with Crippen LogP contribution in [0.1, 0.15) is 28.8 Å². The topological polar surface area (TPSA) is 29.4 Å². The van der Waals surface area contributed by atoms with Crippen LogP contribution in [-0.4, -0.2) is 18.5 Å². The lowest BCUT2D eigenvalue weighted by Gasteiger charge is -2.11. The van der Waals surface area contributed by atoms with Crippen molar-refractivity contribution in [3.05, 3.63) is 71.8 Å². The van der Waals surface area contributed by atoms with Gasteiger partial charge in [0.05, 0.1) is 5.92 Å². The summed E-state index contributed by atoms with van der Waals surface area (Å²) in [5, 5.41) is 0. The smallest absolute Gasteiger partial charge is 0.175 e. The molecule has 19 heavy (non-hydrogen) atoms. The Morgan fingerprint density at radius 3 is 2.21 bits per heavy atom. The molecule has 0 fully saturated rings. The summed E-state index contributed by atoms with van der Waals surface area (Å²) in [4.78, 5) is 16.8. The predicted molar refractivity (Wildman–Crippen MR) is 79.0 cm³/mol. The van der Waals surface area contributed by atoms with Crippen LogP contribution in [0, 0.1) is 0 Å². The van der Waals surface area contributed by atoms with E-state index in [4.69, 9.17) is 0 Å². The molecule has 0 aliphatic carbocycles. The number of benzene rings is 2. The second-order valence-corrected chi connectivity index (χ2v) is 4.27. The van der Waals surface area contributed by atoms with Crippen LogP contribution in [0.3, 0.4) is 0 Å². The van der Waals surface area contributed by atoms with E-state index in [0.717, 1.165) is 11.1 Å². The summed E-state index contributed by atoms with van der Waals surface area (Å²) in [6.07, 6.45) is 1.75. The third-order valence-corrected chi connectivity index (χ3v) is 2.94. The van der Waals surface area contributed by atoms with E-state index in [1.54, 1.807) is 6.21 Å². The van der Waals surface area contributed by atoms with Gasteiger partial charge in [-0.1, -0.05) is 60.7 Å². The van der Waals surface area contributed by atoms with E-state index in [0.29, 0.717) is 6.54 Å². The number of aliphatic imine (C=N–C) groups is 1. The van der Waals surface area contributed by atoms with E-state index >= 15 is 0 Å². The Morgan fingerprint density at radius 2 is 1.63 bits per heavy atom. The lowest BCUT2D eigenvalue weighted by molar-refractivity contribution is 0.0984. The van der Waals surface area contributed by atoms with E-state index < -0.39 is 0 Å². The fraction of sp³-hybridized carbons (Fsp3) is 0.176. The number of hydrogen-bond acceptors (Lipinski definition) is 2. The first-order valence-corrected chi connectivity index (χ1v) is 6.47. The fourth-order valence-electron chi connectivity index (χ4n) is 1.96. The van der Waals surface area contributed by atoms with Gasteiger partial charge < -0.3 is 0 Å². The van der Waals surface area contributed by atoms with Gasteiger partial charge in [0.15, 0.2) is 5.78 Å². The molecule has 2 aromatic rings. The van der Waals surface area contributed by atoms with Crippen LogP contribution in [0.4, 0.5) is 0 Å². The molecule has 0 aliphatic heterocycles. The molecule has 1 unspecified atom stereocenters. The molecular formula is C17H17NO. The summed E-state index contributed by atoms with van der Waals surface area (Å²) in [7, 11) is 0. The summed E-state index contributed by atoms with van der Waals surface area (Å²) >= 11 is 0. The van der Waals surface area contributed by atoms with Gasteiger partial charge in [-0.2, -0.15) is 0 Å². The summed E-state index contributed by atoms with van der Waals surface area (Å²) in [5.41, 5.74) is 1.70. The van der Waals surface area contributed by atoms with Crippen molar-refractivity contribution in [2.75, 3.05) is 6.54 Å². The van der Waals surface area contributed by atoms with E-state index in [2.05, 4.69) is 4.99 Å². The monoisotopic (exact) mass is 251 g/mol. The second kappa shape index (κ2) is 6.64. The molecule has 0 N–H and O–H groups in total. The molecule has 2 nitrogen and oxygen atoms in total. The molecule has 2 aromatic carbocycles. The van der Waals surface area contributed by atoms with Crippen molar-refractivity contribution in [1.82, 2.24) is 0 Å². The molecule has 0 aliphatic rings. The Kier molecular flexibility index (Phi) is 4.62. The largest absolute Gasteiger partial charge is 0.297 e. The number of hydrogen-bond donors (Lipinski definition) is 0. The minimum absolute atomic E-state index is 0.0870. The zero-order valence-electron chi connectivity index (χ0n) is 11.0. The van der Waals surface area contributed by atoms with Crippen molar-refractivity contribution in [2.24, 2.45) is 4.99 Å². The van der Waals surface area contributed by atoms with Crippen LogP contribution < -0.4 is 0 Å². The van der Waals surface area contributed by atoms with Crippen molar-refractivity contribution >= 4 is 12.0 Å². The summed E-state index contributed by atoms with van der Waals surface area (Å²) < 4.78 is 0. The molecule has 96 valence electrons. The molecule has 0 saturated heterocycles. The highest BCUT2D eigenvalue weighted by Crippen LogP contribution is 2.19. The van der Waals surface area contributed by atoms with Crippen molar-refractivity contribution in [3.8, 4) is 0 Å². The van der Waals surface area contributed by atoms with Gasteiger partial charge in [0.25, 0.3) is 0 Å². The van der Waals surface area contributed by atoms with Crippen molar-refractivity contribution < 1.29 is 4.79 Å². The van der Waals surface area contributed by atoms with Gasteiger partial charge in [-0.3, -0.25) is 9.79 Å². The van der Waals surface area contributed by atoms with Crippen LogP contribution in [-0.2, 0) is 0 Å². The molecule has 2 rings (SSSR count). The summed E-state index contributed by atoms with van der Waals surface area (Å²) in [6, 6.07) is 19.1. The van der Waals surface area contributed by atoms with Gasteiger partial charge in [0.1, 0.15) is 0 Å². The van der Waals surface area contributed by atoms with Crippen LogP contribution in [0.2, 0.25) is 0 Å². The third kappa shape index (κ3) is 3.38. The lowest BCUT2D eigenvalue weighted by atomic mass is 9.91. The van der Waals surface area contributed by atoms with E-state index in [1.807, 2.05) is 67.6 Å². The van der Waals surface area contributed by atoms with Gasteiger partial charge in [-0.15, -0.1) is 0 Å². The molecular weight excluding hydrogens is 234 g/mol. The first-order chi connectivity index (χ1) is 9.33. The van der Waals surface area contributed by atoms with Crippen LogP contribution >= 0.6 is 0 Å². The maximum atomic E-state index is 12.6. The number of carbonyl (C=O) groups is 1. The minimum atomic E-state index is -0.302. The summed E-state index contributed by atoms with van der Waals surface area (Å²) in [6.45, 7) is 2.65. The zero-order chi connectivity index (χ0) is 13.5. The van der Waals surface area contributed by atoms with Gasteiger partial charge >= 0.3 is 0 Å².